The Labute approximate surface area is 167 Å². The molecule has 0 aliphatic heterocycles. The van der Waals surface area contributed by atoms with E-state index in [4.69, 9.17) is 0 Å². The van der Waals surface area contributed by atoms with Gasteiger partial charge in [0.2, 0.25) is 5.91 Å². The van der Waals surface area contributed by atoms with Gasteiger partial charge in [0.1, 0.15) is 6.54 Å². The largest absolute Gasteiger partial charge is 0.405 e. The van der Waals surface area contributed by atoms with Gasteiger partial charge in [-0.3, -0.25) is 9.59 Å². The molecule has 2 aromatic carbocycles. The molecule has 0 saturated heterocycles. The second-order valence-electron chi connectivity index (χ2n) is 6.74. The van der Waals surface area contributed by atoms with E-state index in [1.165, 1.54) is 12.1 Å². The summed E-state index contributed by atoms with van der Waals surface area (Å²) in [6, 6.07) is 14.0. The average molecular weight is 407 g/mol. The van der Waals surface area contributed by atoms with Gasteiger partial charge in [0.15, 0.2) is 0 Å². The first kappa shape index (κ1) is 22.3. The van der Waals surface area contributed by atoms with E-state index in [0.717, 1.165) is 16.8 Å². The van der Waals surface area contributed by atoms with Crippen molar-refractivity contribution in [1.29, 1.82) is 0 Å². The van der Waals surface area contributed by atoms with Crippen LogP contribution in [-0.4, -0.2) is 43.0 Å². The number of hydrogen-bond donors (Lipinski definition) is 2. The normalized spacial score (nSPS) is 11.1. The maximum absolute atomic E-state index is 12.3. The SMILES string of the molecule is Cc1ccccc1NCCC(=O)N(C)Cc1ccc(C(=O)NCC(F)(F)F)cc1. The molecule has 2 N–H and O–H groups in total. The first-order valence-electron chi connectivity index (χ1n) is 9.13. The summed E-state index contributed by atoms with van der Waals surface area (Å²) in [5, 5.41) is 5.06. The summed E-state index contributed by atoms with van der Waals surface area (Å²) in [6.07, 6.45) is -4.13. The third kappa shape index (κ3) is 7.48. The van der Waals surface area contributed by atoms with Crippen LogP contribution in [0, 0.1) is 6.92 Å². The summed E-state index contributed by atoms with van der Waals surface area (Å²) >= 11 is 0. The number of anilines is 1. The molecule has 0 aromatic heterocycles. The minimum atomic E-state index is -4.45. The molecule has 0 bridgehead atoms. The van der Waals surface area contributed by atoms with Crippen LogP contribution in [-0.2, 0) is 11.3 Å². The van der Waals surface area contributed by atoms with Gasteiger partial charge in [-0.05, 0) is 36.2 Å². The topological polar surface area (TPSA) is 61.4 Å². The minimum Gasteiger partial charge on any atom is -0.384 e. The van der Waals surface area contributed by atoms with Gasteiger partial charge in [-0.2, -0.15) is 13.2 Å². The molecule has 2 aromatic rings. The maximum Gasteiger partial charge on any atom is 0.405 e. The highest BCUT2D eigenvalue weighted by molar-refractivity contribution is 5.94. The monoisotopic (exact) mass is 407 g/mol. The van der Waals surface area contributed by atoms with Gasteiger partial charge in [0.05, 0.1) is 0 Å². The second-order valence-corrected chi connectivity index (χ2v) is 6.74. The van der Waals surface area contributed by atoms with Crippen molar-refractivity contribution in [2.24, 2.45) is 0 Å². The van der Waals surface area contributed by atoms with Gasteiger partial charge in [0.25, 0.3) is 5.91 Å². The Morgan fingerprint density at radius 2 is 1.69 bits per heavy atom. The third-order valence-corrected chi connectivity index (χ3v) is 4.31. The van der Waals surface area contributed by atoms with Crippen molar-refractivity contribution >= 4 is 17.5 Å². The molecular weight excluding hydrogens is 383 g/mol. The zero-order valence-corrected chi connectivity index (χ0v) is 16.3. The maximum atomic E-state index is 12.3. The molecule has 2 amide bonds. The number of para-hydroxylation sites is 1. The van der Waals surface area contributed by atoms with Crippen molar-refractivity contribution in [3.8, 4) is 0 Å². The van der Waals surface area contributed by atoms with E-state index in [-0.39, 0.29) is 11.5 Å². The van der Waals surface area contributed by atoms with Crippen LogP contribution in [0.15, 0.2) is 48.5 Å². The lowest BCUT2D eigenvalue weighted by atomic mass is 10.1. The Balaban J connectivity index is 1.80. The number of carbonyl (C=O) groups is 2. The van der Waals surface area contributed by atoms with Crippen molar-refractivity contribution in [2.45, 2.75) is 26.1 Å². The zero-order valence-electron chi connectivity index (χ0n) is 16.3. The van der Waals surface area contributed by atoms with Crippen LogP contribution < -0.4 is 10.6 Å². The molecule has 2 rings (SSSR count). The average Bonchev–Trinajstić information content (AvgIpc) is 2.67. The number of aryl methyl sites for hydroxylation is 1. The highest BCUT2D eigenvalue weighted by Gasteiger charge is 2.27. The van der Waals surface area contributed by atoms with Crippen LogP contribution in [0.4, 0.5) is 18.9 Å². The van der Waals surface area contributed by atoms with Gasteiger partial charge in [-0.1, -0.05) is 30.3 Å². The fraction of sp³-hybridized carbons (Fsp3) is 0.333. The van der Waals surface area contributed by atoms with Gasteiger partial charge >= 0.3 is 6.18 Å². The smallest absolute Gasteiger partial charge is 0.384 e. The number of nitrogens with zero attached hydrogens (tertiary/aromatic N) is 1. The lowest BCUT2D eigenvalue weighted by molar-refractivity contribution is -0.130. The molecule has 8 heteroatoms. The molecule has 0 spiro atoms. The second kappa shape index (κ2) is 9.95. The lowest BCUT2D eigenvalue weighted by Gasteiger charge is -2.18. The summed E-state index contributed by atoms with van der Waals surface area (Å²) < 4.78 is 36.5. The molecular formula is C21H24F3N3O2. The molecule has 0 heterocycles. The number of amides is 2. The van der Waals surface area contributed by atoms with Crippen LogP contribution >= 0.6 is 0 Å². The van der Waals surface area contributed by atoms with E-state index in [0.29, 0.717) is 19.5 Å². The number of nitrogens with one attached hydrogen (secondary N) is 2. The first-order valence-corrected chi connectivity index (χ1v) is 9.13. The van der Waals surface area contributed by atoms with Gasteiger partial charge in [0, 0.05) is 37.8 Å². The van der Waals surface area contributed by atoms with E-state index in [1.807, 2.05) is 36.5 Å². The quantitative estimate of drug-likeness (QED) is 0.701. The Kier molecular flexibility index (Phi) is 7.64. The van der Waals surface area contributed by atoms with Crippen molar-refractivity contribution in [1.82, 2.24) is 10.2 Å². The molecule has 156 valence electrons. The molecule has 0 atom stereocenters. The molecule has 0 radical (unpaired) electrons. The van der Waals surface area contributed by atoms with E-state index in [1.54, 1.807) is 24.1 Å². The van der Waals surface area contributed by atoms with Crippen LogP contribution in [0.1, 0.15) is 27.9 Å². The van der Waals surface area contributed by atoms with Crippen molar-refractivity contribution in [3.05, 3.63) is 65.2 Å². The van der Waals surface area contributed by atoms with Crippen LogP contribution in [0.3, 0.4) is 0 Å². The molecule has 29 heavy (non-hydrogen) atoms. The molecule has 0 unspecified atom stereocenters. The highest BCUT2D eigenvalue weighted by atomic mass is 19.4. The number of carbonyl (C=O) groups excluding carboxylic acids is 2. The predicted octanol–water partition coefficient (Wildman–Crippen LogP) is 3.75. The molecule has 5 nitrogen and oxygen atoms in total. The number of halogens is 3. The Morgan fingerprint density at radius 3 is 2.31 bits per heavy atom. The van der Waals surface area contributed by atoms with Gasteiger partial charge in [-0.25, -0.2) is 0 Å². The van der Waals surface area contributed by atoms with Crippen molar-refractivity contribution in [3.63, 3.8) is 0 Å². The summed E-state index contributed by atoms with van der Waals surface area (Å²) in [5.74, 6) is -0.835. The Bertz CT molecular complexity index is 836. The molecule has 0 aliphatic rings. The fourth-order valence-electron chi connectivity index (χ4n) is 2.67. The predicted molar refractivity (Wildman–Crippen MR) is 106 cm³/mol. The minimum absolute atomic E-state index is 0.0434. The number of rotatable bonds is 8. The number of alkyl halides is 3. The summed E-state index contributed by atoms with van der Waals surface area (Å²) in [7, 11) is 1.68. The molecule has 0 aliphatic carbocycles. The van der Waals surface area contributed by atoms with Crippen molar-refractivity contribution in [2.75, 3.05) is 25.5 Å². The molecule has 0 fully saturated rings. The number of hydrogen-bond acceptors (Lipinski definition) is 3. The van der Waals surface area contributed by atoms with Gasteiger partial charge < -0.3 is 15.5 Å². The van der Waals surface area contributed by atoms with E-state index < -0.39 is 18.6 Å². The highest BCUT2D eigenvalue weighted by Crippen LogP contribution is 2.14. The summed E-state index contributed by atoms with van der Waals surface area (Å²) in [5.41, 5.74) is 3.00. The summed E-state index contributed by atoms with van der Waals surface area (Å²) in [6.45, 7) is 1.46. The van der Waals surface area contributed by atoms with Crippen LogP contribution in [0.5, 0.6) is 0 Å². The fourth-order valence-corrected chi connectivity index (χ4v) is 2.67. The standard InChI is InChI=1S/C21H24F3N3O2/c1-15-5-3-4-6-18(15)25-12-11-19(28)27(2)13-16-7-9-17(10-8-16)20(29)26-14-21(22,23)24/h3-10,25H,11-14H2,1-2H3,(H,26,29). The Hall–Kier alpha value is -3.03. The van der Waals surface area contributed by atoms with E-state index in [9.17, 15) is 22.8 Å². The Morgan fingerprint density at radius 1 is 1.03 bits per heavy atom. The zero-order chi connectivity index (χ0) is 21.4. The van der Waals surface area contributed by atoms with E-state index in [2.05, 4.69) is 5.32 Å². The van der Waals surface area contributed by atoms with Crippen LogP contribution in [0.2, 0.25) is 0 Å². The van der Waals surface area contributed by atoms with E-state index >= 15 is 0 Å². The number of benzene rings is 2. The summed E-state index contributed by atoms with van der Waals surface area (Å²) in [4.78, 5) is 25.6. The lowest BCUT2D eigenvalue weighted by Crippen LogP contribution is -2.33. The first-order chi connectivity index (χ1) is 13.7. The van der Waals surface area contributed by atoms with Crippen molar-refractivity contribution < 1.29 is 22.8 Å². The van der Waals surface area contributed by atoms with Crippen LogP contribution in [0.25, 0.3) is 0 Å². The third-order valence-electron chi connectivity index (χ3n) is 4.31. The van der Waals surface area contributed by atoms with Gasteiger partial charge in [-0.15, -0.1) is 0 Å². The molecule has 0 saturated carbocycles.